The van der Waals surface area contributed by atoms with Gasteiger partial charge in [0.2, 0.25) is 0 Å². The number of benzene rings is 1. The highest BCUT2D eigenvalue weighted by Gasteiger charge is 2.24. The van der Waals surface area contributed by atoms with Crippen LogP contribution in [-0.2, 0) is 4.74 Å². The van der Waals surface area contributed by atoms with Gasteiger partial charge in [-0.1, -0.05) is 29.8 Å². The van der Waals surface area contributed by atoms with Gasteiger partial charge in [0.25, 0.3) is 0 Å². The van der Waals surface area contributed by atoms with Crippen LogP contribution in [0.5, 0.6) is 0 Å². The first kappa shape index (κ1) is 23.2. The Labute approximate surface area is 199 Å². The maximum atomic E-state index is 6.40. The Kier molecular flexibility index (Phi) is 8.72. The number of halogens is 1. The van der Waals surface area contributed by atoms with E-state index < -0.39 is 0 Å². The van der Waals surface area contributed by atoms with Crippen LogP contribution in [0.1, 0.15) is 17.2 Å². The number of hydrogen-bond acceptors (Lipinski definition) is 6. The Hall–Kier alpha value is -1.43. The molecule has 7 nitrogen and oxygen atoms in total. The van der Waals surface area contributed by atoms with Crippen LogP contribution in [-0.4, -0.2) is 79.8 Å². The minimum atomic E-state index is 0. The Bertz CT molecular complexity index is 804. The molecule has 9 heteroatoms. The number of hydrogen-bond donors (Lipinski definition) is 1. The summed E-state index contributed by atoms with van der Waals surface area (Å²) in [6.45, 7) is 9.83. The van der Waals surface area contributed by atoms with E-state index in [4.69, 9.17) is 15.5 Å². The van der Waals surface area contributed by atoms with E-state index >= 15 is 0 Å². The minimum absolute atomic E-state index is 0. The number of aliphatic imine (C=N–C) groups is 1. The molecule has 0 amide bonds. The number of aryl methyl sites for hydroxylation is 1. The van der Waals surface area contributed by atoms with Crippen molar-refractivity contribution >= 4 is 46.4 Å². The van der Waals surface area contributed by atoms with Crippen molar-refractivity contribution in [3.05, 3.63) is 47.0 Å². The zero-order valence-corrected chi connectivity index (χ0v) is 20.6. The van der Waals surface area contributed by atoms with Gasteiger partial charge >= 0.3 is 0 Å². The fraction of sp³-hybridized carbons (Fsp3) is 0.524. The molecule has 0 aliphatic carbocycles. The smallest absolute Gasteiger partial charge is 0.191 e. The van der Waals surface area contributed by atoms with Gasteiger partial charge in [-0.3, -0.25) is 9.89 Å². The molecule has 0 radical (unpaired) electrons. The number of aromatic nitrogens is 1. The molecule has 2 aromatic rings. The predicted octanol–water partition coefficient (Wildman–Crippen LogP) is 2.58. The summed E-state index contributed by atoms with van der Waals surface area (Å²) >= 11 is 1.69. The Morgan fingerprint density at radius 2 is 1.97 bits per heavy atom. The average molecular weight is 542 g/mol. The summed E-state index contributed by atoms with van der Waals surface area (Å²) in [6, 6.07) is 8.96. The van der Waals surface area contributed by atoms with Gasteiger partial charge in [0, 0.05) is 50.8 Å². The zero-order valence-electron chi connectivity index (χ0n) is 17.4. The van der Waals surface area contributed by atoms with Crippen LogP contribution in [0.4, 0.5) is 5.13 Å². The van der Waals surface area contributed by atoms with Crippen LogP contribution < -0.4 is 10.6 Å². The maximum absolute atomic E-state index is 6.40. The lowest BCUT2D eigenvalue weighted by Crippen LogP contribution is -2.51. The second kappa shape index (κ2) is 11.3. The van der Waals surface area contributed by atoms with E-state index in [0.29, 0.717) is 12.5 Å². The highest BCUT2D eigenvalue weighted by molar-refractivity contribution is 14.0. The second-order valence-electron chi connectivity index (χ2n) is 7.57. The molecule has 3 heterocycles. The molecule has 2 saturated heterocycles. The van der Waals surface area contributed by atoms with Crippen molar-refractivity contribution in [2.24, 2.45) is 10.7 Å². The summed E-state index contributed by atoms with van der Waals surface area (Å²) in [5, 5.41) is 3.11. The molecule has 2 fully saturated rings. The Balaban J connectivity index is 0.00000256. The standard InChI is InChI=1S/C21H30N6OS.HI/c1-17-3-2-4-18(15-17)19(25-10-12-28-13-11-25)16-24-20(22)26-6-8-27(9-7-26)21-23-5-14-29-21;/h2-5,14-15,19H,6-13,16H2,1H3,(H2,22,24);1H. The molecule has 164 valence electrons. The molecule has 2 N–H and O–H groups in total. The first-order valence-corrected chi connectivity index (χ1v) is 11.2. The van der Waals surface area contributed by atoms with E-state index in [9.17, 15) is 0 Å². The first-order valence-electron chi connectivity index (χ1n) is 10.3. The van der Waals surface area contributed by atoms with Gasteiger partial charge in [-0.05, 0) is 12.5 Å². The van der Waals surface area contributed by atoms with Crippen molar-refractivity contribution in [2.75, 3.05) is 63.9 Å². The Morgan fingerprint density at radius 3 is 2.63 bits per heavy atom. The van der Waals surface area contributed by atoms with Gasteiger partial charge in [0.15, 0.2) is 11.1 Å². The highest BCUT2D eigenvalue weighted by atomic mass is 127. The molecule has 2 aliphatic rings. The number of piperazine rings is 1. The number of morpholine rings is 1. The summed E-state index contributed by atoms with van der Waals surface area (Å²) in [5.41, 5.74) is 8.98. The zero-order chi connectivity index (χ0) is 20.1. The fourth-order valence-electron chi connectivity index (χ4n) is 3.98. The third-order valence-electron chi connectivity index (χ3n) is 5.63. The molecule has 1 unspecified atom stereocenters. The maximum Gasteiger partial charge on any atom is 0.191 e. The second-order valence-corrected chi connectivity index (χ2v) is 8.44. The van der Waals surface area contributed by atoms with E-state index in [1.165, 1.54) is 11.1 Å². The van der Waals surface area contributed by atoms with Crippen LogP contribution in [0.15, 0.2) is 40.8 Å². The van der Waals surface area contributed by atoms with E-state index in [2.05, 4.69) is 50.9 Å². The fourth-order valence-corrected chi connectivity index (χ4v) is 4.67. The summed E-state index contributed by atoms with van der Waals surface area (Å²) < 4.78 is 5.55. The number of nitrogens with zero attached hydrogens (tertiary/aromatic N) is 5. The summed E-state index contributed by atoms with van der Waals surface area (Å²) in [7, 11) is 0. The molecule has 30 heavy (non-hydrogen) atoms. The molecule has 1 aromatic carbocycles. The van der Waals surface area contributed by atoms with Crippen molar-refractivity contribution < 1.29 is 4.74 Å². The molecule has 4 rings (SSSR count). The van der Waals surface area contributed by atoms with Crippen LogP contribution in [0.25, 0.3) is 0 Å². The highest BCUT2D eigenvalue weighted by Crippen LogP contribution is 2.24. The lowest BCUT2D eigenvalue weighted by Gasteiger charge is -2.36. The van der Waals surface area contributed by atoms with Crippen molar-refractivity contribution in [1.29, 1.82) is 0 Å². The number of rotatable bonds is 5. The van der Waals surface area contributed by atoms with Crippen molar-refractivity contribution in [3.8, 4) is 0 Å². The van der Waals surface area contributed by atoms with Crippen LogP contribution in [0, 0.1) is 6.92 Å². The molecule has 0 spiro atoms. The van der Waals surface area contributed by atoms with Crippen LogP contribution in [0.3, 0.4) is 0 Å². The summed E-state index contributed by atoms with van der Waals surface area (Å²) in [5.74, 6) is 0.648. The van der Waals surface area contributed by atoms with Gasteiger partial charge < -0.3 is 20.3 Å². The van der Waals surface area contributed by atoms with Gasteiger partial charge in [-0.25, -0.2) is 4.98 Å². The summed E-state index contributed by atoms with van der Waals surface area (Å²) in [4.78, 5) is 16.2. The van der Waals surface area contributed by atoms with Crippen molar-refractivity contribution in [3.63, 3.8) is 0 Å². The molecule has 2 aliphatic heterocycles. The van der Waals surface area contributed by atoms with Crippen LogP contribution >= 0.6 is 35.3 Å². The van der Waals surface area contributed by atoms with E-state index in [1.54, 1.807) is 11.3 Å². The number of ether oxygens (including phenoxy) is 1. The molecule has 0 saturated carbocycles. The lowest BCUT2D eigenvalue weighted by molar-refractivity contribution is 0.0179. The van der Waals surface area contributed by atoms with Crippen molar-refractivity contribution in [2.45, 2.75) is 13.0 Å². The Morgan fingerprint density at radius 1 is 1.20 bits per heavy atom. The molecule has 1 aromatic heterocycles. The number of nitrogens with two attached hydrogens (primary N) is 1. The average Bonchev–Trinajstić information content (AvgIpc) is 3.30. The lowest BCUT2D eigenvalue weighted by atomic mass is 10.0. The number of anilines is 1. The van der Waals surface area contributed by atoms with Gasteiger partial charge in [-0.2, -0.15) is 0 Å². The van der Waals surface area contributed by atoms with E-state index in [-0.39, 0.29) is 30.0 Å². The molecule has 1 atom stereocenters. The number of thiazole rings is 1. The quantitative estimate of drug-likeness (QED) is 0.356. The SMILES string of the molecule is Cc1cccc(C(CN=C(N)N2CCN(c3nccs3)CC2)N2CCOCC2)c1.I. The molecular weight excluding hydrogens is 511 g/mol. The van der Waals surface area contributed by atoms with E-state index in [1.807, 2.05) is 11.6 Å². The minimum Gasteiger partial charge on any atom is -0.379 e. The third-order valence-corrected chi connectivity index (χ3v) is 6.47. The van der Waals surface area contributed by atoms with Gasteiger partial charge in [0.1, 0.15) is 0 Å². The van der Waals surface area contributed by atoms with E-state index in [0.717, 1.165) is 57.6 Å². The van der Waals surface area contributed by atoms with Gasteiger partial charge in [-0.15, -0.1) is 35.3 Å². The first-order chi connectivity index (χ1) is 14.2. The van der Waals surface area contributed by atoms with Crippen molar-refractivity contribution in [1.82, 2.24) is 14.8 Å². The third kappa shape index (κ3) is 5.83. The normalized spacial score (nSPS) is 19.4. The predicted molar refractivity (Wildman–Crippen MR) is 134 cm³/mol. The molecule has 0 bridgehead atoms. The van der Waals surface area contributed by atoms with Crippen LogP contribution in [0.2, 0.25) is 0 Å². The van der Waals surface area contributed by atoms with Gasteiger partial charge in [0.05, 0.1) is 25.8 Å². The number of guanidine groups is 1. The largest absolute Gasteiger partial charge is 0.379 e. The molecular formula is C21H31IN6OS. The monoisotopic (exact) mass is 542 g/mol. The topological polar surface area (TPSA) is 70.2 Å². The summed E-state index contributed by atoms with van der Waals surface area (Å²) in [6.07, 6.45) is 1.86.